The smallest absolute Gasteiger partial charge is 0.0105 e. The SMILES string of the molecule is CCCCCCCCCCCCCCCCN(CCN)CCCCCCCCCCCCCCCC. The lowest BCUT2D eigenvalue weighted by Crippen LogP contribution is -2.31. The third-order valence-electron chi connectivity index (χ3n) is 8.10. The van der Waals surface area contributed by atoms with E-state index in [1.54, 1.807) is 0 Å². The van der Waals surface area contributed by atoms with Gasteiger partial charge in [0.15, 0.2) is 0 Å². The first-order valence-electron chi connectivity index (χ1n) is 17.3. The molecule has 0 radical (unpaired) electrons. The van der Waals surface area contributed by atoms with E-state index in [-0.39, 0.29) is 0 Å². The third kappa shape index (κ3) is 30.1. The van der Waals surface area contributed by atoms with Gasteiger partial charge in [0.2, 0.25) is 0 Å². The average molecular weight is 509 g/mol. The maximum atomic E-state index is 5.89. The van der Waals surface area contributed by atoms with Gasteiger partial charge in [-0.1, -0.05) is 181 Å². The van der Waals surface area contributed by atoms with E-state index in [9.17, 15) is 0 Å². The van der Waals surface area contributed by atoms with E-state index in [0.717, 1.165) is 13.1 Å². The lowest BCUT2D eigenvalue weighted by atomic mass is 10.0. The van der Waals surface area contributed by atoms with Crippen LogP contribution in [0.4, 0.5) is 0 Å². The van der Waals surface area contributed by atoms with Crippen LogP contribution in [0, 0.1) is 0 Å². The molecule has 0 bridgehead atoms. The van der Waals surface area contributed by atoms with Crippen molar-refractivity contribution in [1.29, 1.82) is 0 Å². The molecule has 0 fully saturated rings. The predicted octanol–water partition coefficient (Wildman–Crippen LogP) is 11.2. The molecule has 2 heteroatoms. The summed E-state index contributed by atoms with van der Waals surface area (Å²) in [5, 5.41) is 0. The zero-order valence-corrected chi connectivity index (χ0v) is 25.7. The van der Waals surface area contributed by atoms with E-state index >= 15 is 0 Å². The highest BCUT2D eigenvalue weighted by molar-refractivity contribution is 4.60. The van der Waals surface area contributed by atoms with Gasteiger partial charge in [-0.2, -0.15) is 0 Å². The minimum atomic E-state index is 0.817. The topological polar surface area (TPSA) is 29.3 Å². The van der Waals surface area contributed by atoms with Crippen LogP contribution in [-0.2, 0) is 0 Å². The fourth-order valence-electron chi connectivity index (χ4n) is 5.58. The maximum absolute atomic E-state index is 5.89. The molecule has 0 amide bonds. The van der Waals surface area contributed by atoms with Gasteiger partial charge < -0.3 is 10.6 Å². The monoisotopic (exact) mass is 509 g/mol. The number of unbranched alkanes of at least 4 members (excludes halogenated alkanes) is 26. The van der Waals surface area contributed by atoms with Crippen molar-refractivity contribution < 1.29 is 0 Å². The van der Waals surface area contributed by atoms with Gasteiger partial charge in [0.05, 0.1) is 0 Å². The van der Waals surface area contributed by atoms with Crippen LogP contribution in [0.25, 0.3) is 0 Å². The summed E-state index contributed by atoms with van der Waals surface area (Å²) >= 11 is 0. The molecular weight excluding hydrogens is 436 g/mol. The largest absolute Gasteiger partial charge is 0.329 e. The van der Waals surface area contributed by atoms with Crippen LogP contribution in [0.15, 0.2) is 0 Å². The van der Waals surface area contributed by atoms with Crippen LogP contribution in [0.2, 0.25) is 0 Å². The quantitative estimate of drug-likeness (QED) is 0.0915. The van der Waals surface area contributed by atoms with Crippen LogP contribution < -0.4 is 5.73 Å². The highest BCUT2D eigenvalue weighted by Gasteiger charge is 2.04. The number of hydrogen-bond donors (Lipinski definition) is 1. The van der Waals surface area contributed by atoms with Crippen molar-refractivity contribution in [1.82, 2.24) is 4.90 Å². The van der Waals surface area contributed by atoms with Crippen molar-refractivity contribution in [2.45, 2.75) is 194 Å². The van der Waals surface area contributed by atoms with E-state index in [1.165, 1.54) is 193 Å². The van der Waals surface area contributed by atoms with Gasteiger partial charge in [0.1, 0.15) is 0 Å². The minimum Gasteiger partial charge on any atom is -0.329 e. The molecule has 0 unspecified atom stereocenters. The summed E-state index contributed by atoms with van der Waals surface area (Å²) in [5.41, 5.74) is 5.89. The van der Waals surface area contributed by atoms with Gasteiger partial charge in [-0.15, -0.1) is 0 Å². The van der Waals surface area contributed by atoms with Gasteiger partial charge >= 0.3 is 0 Å². The van der Waals surface area contributed by atoms with Crippen LogP contribution >= 0.6 is 0 Å². The number of hydrogen-bond acceptors (Lipinski definition) is 2. The van der Waals surface area contributed by atoms with E-state index < -0.39 is 0 Å². The molecule has 2 nitrogen and oxygen atoms in total. The second-order valence-corrected chi connectivity index (χ2v) is 11.8. The molecule has 0 aromatic carbocycles. The Morgan fingerprint density at radius 2 is 0.528 bits per heavy atom. The Hall–Kier alpha value is -0.0800. The Bertz CT molecular complexity index is 338. The molecule has 2 N–H and O–H groups in total. The van der Waals surface area contributed by atoms with E-state index in [4.69, 9.17) is 5.73 Å². The first-order valence-corrected chi connectivity index (χ1v) is 17.3. The fraction of sp³-hybridized carbons (Fsp3) is 1.00. The van der Waals surface area contributed by atoms with Crippen molar-refractivity contribution >= 4 is 0 Å². The van der Waals surface area contributed by atoms with Gasteiger partial charge in [-0.3, -0.25) is 0 Å². The first kappa shape index (κ1) is 35.9. The predicted molar refractivity (Wildman–Crippen MR) is 166 cm³/mol. The normalized spacial score (nSPS) is 11.7. The zero-order chi connectivity index (χ0) is 26.2. The molecule has 218 valence electrons. The standard InChI is InChI=1S/C34H72N2/c1-3-5-7-9-11-13-15-17-19-21-23-25-27-29-32-36(34-31-35)33-30-28-26-24-22-20-18-16-14-12-10-8-6-4-2/h3-35H2,1-2H3. The second kappa shape index (κ2) is 32.9. The summed E-state index contributed by atoms with van der Waals surface area (Å²) in [6.07, 6.45) is 40.4. The molecule has 0 aliphatic heterocycles. The van der Waals surface area contributed by atoms with E-state index in [2.05, 4.69) is 18.7 Å². The molecule has 0 aromatic rings. The minimum absolute atomic E-state index is 0.817. The summed E-state index contributed by atoms with van der Waals surface area (Å²) in [6, 6.07) is 0. The van der Waals surface area contributed by atoms with Gasteiger partial charge in [-0.25, -0.2) is 0 Å². The Labute approximate surface area is 230 Å². The zero-order valence-electron chi connectivity index (χ0n) is 25.7. The molecule has 0 heterocycles. The van der Waals surface area contributed by atoms with Crippen molar-refractivity contribution in [2.24, 2.45) is 5.73 Å². The summed E-state index contributed by atoms with van der Waals surface area (Å²) in [6.45, 7) is 9.06. The fourth-order valence-corrected chi connectivity index (χ4v) is 5.58. The summed E-state index contributed by atoms with van der Waals surface area (Å²) in [4.78, 5) is 2.64. The summed E-state index contributed by atoms with van der Waals surface area (Å²) in [7, 11) is 0. The molecule has 0 saturated carbocycles. The molecule has 0 aromatic heterocycles. The molecular formula is C34H72N2. The van der Waals surface area contributed by atoms with Gasteiger partial charge in [-0.05, 0) is 25.9 Å². The Kier molecular flexibility index (Phi) is 32.9. The summed E-state index contributed by atoms with van der Waals surface area (Å²) in [5.74, 6) is 0. The van der Waals surface area contributed by atoms with Gasteiger partial charge in [0, 0.05) is 13.1 Å². The first-order chi connectivity index (χ1) is 17.8. The van der Waals surface area contributed by atoms with Gasteiger partial charge in [0.25, 0.3) is 0 Å². The molecule has 0 aliphatic carbocycles. The van der Waals surface area contributed by atoms with Crippen LogP contribution in [-0.4, -0.2) is 31.1 Å². The number of nitrogens with zero attached hydrogens (tertiary/aromatic N) is 1. The molecule has 0 rings (SSSR count). The number of rotatable bonds is 32. The van der Waals surface area contributed by atoms with Crippen molar-refractivity contribution in [3.8, 4) is 0 Å². The molecule has 36 heavy (non-hydrogen) atoms. The molecule has 0 spiro atoms. The maximum Gasteiger partial charge on any atom is 0.0105 e. The lowest BCUT2D eigenvalue weighted by Gasteiger charge is -2.21. The van der Waals surface area contributed by atoms with Crippen LogP contribution in [0.3, 0.4) is 0 Å². The molecule has 0 atom stereocenters. The lowest BCUT2D eigenvalue weighted by molar-refractivity contribution is 0.267. The Balaban J connectivity index is 3.37. The van der Waals surface area contributed by atoms with E-state index in [1.807, 2.05) is 0 Å². The van der Waals surface area contributed by atoms with Crippen LogP contribution in [0.5, 0.6) is 0 Å². The van der Waals surface area contributed by atoms with Crippen molar-refractivity contribution in [3.05, 3.63) is 0 Å². The highest BCUT2D eigenvalue weighted by atomic mass is 15.1. The van der Waals surface area contributed by atoms with E-state index in [0.29, 0.717) is 0 Å². The number of nitrogens with two attached hydrogens (primary N) is 1. The molecule has 0 saturated heterocycles. The van der Waals surface area contributed by atoms with Crippen molar-refractivity contribution in [3.63, 3.8) is 0 Å². The average Bonchev–Trinajstić information content (AvgIpc) is 2.89. The summed E-state index contributed by atoms with van der Waals surface area (Å²) < 4.78 is 0. The van der Waals surface area contributed by atoms with Crippen LogP contribution in [0.1, 0.15) is 194 Å². The highest BCUT2D eigenvalue weighted by Crippen LogP contribution is 2.15. The van der Waals surface area contributed by atoms with Crippen molar-refractivity contribution in [2.75, 3.05) is 26.2 Å². The third-order valence-corrected chi connectivity index (χ3v) is 8.10. The molecule has 0 aliphatic rings. The Morgan fingerprint density at radius 3 is 0.750 bits per heavy atom. The second-order valence-electron chi connectivity index (χ2n) is 11.8. The Morgan fingerprint density at radius 1 is 0.306 bits per heavy atom.